The third kappa shape index (κ3) is 4.25. The third-order valence-electron chi connectivity index (χ3n) is 3.42. The average molecular weight is 394 g/mol. The van der Waals surface area contributed by atoms with Gasteiger partial charge < -0.3 is 14.8 Å². The predicted octanol–water partition coefficient (Wildman–Crippen LogP) is 2.60. The van der Waals surface area contributed by atoms with Crippen molar-refractivity contribution in [2.45, 2.75) is 0 Å². The van der Waals surface area contributed by atoms with Crippen molar-refractivity contribution in [3.8, 4) is 11.5 Å². The fraction of sp³-hybridized carbons (Fsp3) is 0.118. The molecule has 0 unspecified atom stereocenters. The van der Waals surface area contributed by atoms with Gasteiger partial charge >= 0.3 is 0 Å². The van der Waals surface area contributed by atoms with Crippen molar-refractivity contribution in [3.63, 3.8) is 0 Å². The molecule has 0 aromatic heterocycles. The Morgan fingerprint density at radius 3 is 2.81 bits per heavy atom. The number of nitrogens with one attached hydrogen (secondary N) is 2. The second-order valence-electron chi connectivity index (χ2n) is 5.19. The van der Waals surface area contributed by atoms with Gasteiger partial charge in [0.2, 0.25) is 6.79 Å². The van der Waals surface area contributed by atoms with Gasteiger partial charge in [0.25, 0.3) is 11.8 Å². The largest absolute Gasteiger partial charge is 0.454 e. The van der Waals surface area contributed by atoms with Gasteiger partial charge in [-0.2, -0.15) is 5.10 Å². The van der Waals surface area contributed by atoms with Crippen LogP contribution in [-0.2, 0) is 4.79 Å². The number of ether oxygens (including phenoxy) is 2. The minimum atomic E-state index is -0.492. The summed E-state index contributed by atoms with van der Waals surface area (Å²) in [7, 11) is 0. The fourth-order valence-corrected chi connectivity index (χ4v) is 2.49. The van der Waals surface area contributed by atoms with Crippen LogP contribution in [-0.4, -0.2) is 31.4 Å². The van der Waals surface area contributed by atoms with Gasteiger partial charge in [-0.05, 0) is 24.3 Å². The van der Waals surface area contributed by atoms with Gasteiger partial charge in [0.1, 0.15) is 0 Å². The lowest BCUT2D eigenvalue weighted by molar-refractivity contribution is -0.120. The maximum Gasteiger partial charge on any atom is 0.259 e. The Labute approximate surface area is 158 Å². The van der Waals surface area contributed by atoms with Crippen LogP contribution in [0.1, 0.15) is 15.9 Å². The van der Waals surface area contributed by atoms with Gasteiger partial charge in [-0.15, -0.1) is 0 Å². The fourth-order valence-electron chi connectivity index (χ4n) is 2.13. The first kappa shape index (κ1) is 18.0. The van der Waals surface area contributed by atoms with Crippen molar-refractivity contribution < 1.29 is 19.1 Å². The van der Waals surface area contributed by atoms with Crippen molar-refractivity contribution in [2.24, 2.45) is 5.10 Å². The highest BCUT2D eigenvalue weighted by Crippen LogP contribution is 2.32. The molecule has 0 aliphatic carbocycles. The molecule has 134 valence electrons. The summed E-state index contributed by atoms with van der Waals surface area (Å²) >= 11 is 11.9. The van der Waals surface area contributed by atoms with Crippen LogP contribution in [0, 0.1) is 0 Å². The molecule has 0 spiro atoms. The van der Waals surface area contributed by atoms with Gasteiger partial charge in [0.05, 0.1) is 22.8 Å². The van der Waals surface area contributed by atoms with Crippen LogP contribution in [0.5, 0.6) is 11.5 Å². The number of carbonyl (C=O) groups excluding carboxylic acids is 2. The Hall–Kier alpha value is -2.77. The molecule has 0 bridgehead atoms. The van der Waals surface area contributed by atoms with E-state index in [0.29, 0.717) is 32.7 Å². The first-order valence-corrected chi connectivity index (χ1v) is 8.24. The van der Waals surface area contributed by atoms with Crippen molar-refractivity contribution in [1.82, 2.24) is 10.7 Å². The van der Waals surface area contributed by atoms with Crippen molar-refractivity contribution in [2.75, 3.05) is 13.3 Å². The van der Waals surface area contributed by atoms with Crippen molar-refractivity contribution in [3.05, 3.63) is 57.6 Å². The smallest absolute Gasteiger partial charge is 0.259 e. The summed E-state index contributed by atoms with van der Waals surface area (Å²) in [6.45, 7) is -0.120. The van der Waals surface area contributed by atoms with Gasteiger partial charge in [-0.3, -0.25) is 9.59 Å². The molecule has 2 aromatic carbocycles. The van der Waals surface area contributed by atoms with Crippen molar-refractivity contribution >= 4 is 41.2 Å². The zero-order valence-corrected chi connectivity index (χ0v) is 14.8. The van der Waals surface area contributed by atoms with Crippen molar-refractivity contribution in [1.29, 1.82) is 0 Å². The van der Waals surface area contributed by atoms with Crippen LogP contribution >= 0.6 is 23.2 Å². The molecular weight excluding hydrogens is 381 g/mol. The summed E-state index contributed by atoms with van der Waals surface area (Å²) in [6, 6.07) is 9.82. The molecule has 0 atom stereocenters. The second kappa shape index (κ2) is 8.07. The molecule has 1 heterocycles. The molecule has 0 fully saturated rings. The molecule has 0 saturated carbocycles. The molecule has 2 N–H and O–H groups in total. The monoisotopic (exact) mass is 393 g/mol. The van der Waals surface area contributed by atoms with Gasteiger partial charge in [0.15, 0.2) is 11.5 Å². The minimum absolute atomic E-state index is 0.122. The van der Waals surface area contributed by atoms with E-state index >= 15 is 0 Å². The van der Waals surface area contributed by atoms with Crippen LogP contribution in [0.2, 0.25) is 10.0 Å². The van der Waals surface area contributed by atoms with E-state index in [2.05, 4.69) is 15.8 Å². The molecule has 9 heteroatoms. The first-order valence-electron chi connectivity index (χ1n) is 7.48. The highest BCUT2D eigenvalue weighted by atomic mass is 35.5. The van der Waals surface area contributed by atoms with Crippen LogP contribution in [0.25, 0.3) is 0 Å². The van der Waals surface area contributed by atoms with Gasteiger partial charge in [0, 0.05) is 11.1 Å². The summed E-state index contributed by atoms with van der Waals surface area (Å²) in [5, 5.41) is 7.00. The number of halogens is 2. The summed E-state index contributed by atoms with van der Waals surface area (Å²) in [4.78, 5) is 23.8. The highest BCUT2D eigenvalue weighted by molar-refractivity contribution is 6.43. The van der Waals surface area contributed by atoms with Crippen LogP contribution in [0.15, 0.2) is 41.5 Å². The van der Waals surface area contributed by atoms with Gasteiger partial charge in [-0.25, -0.2) is 5.43 Å². The Morgan fingerprint density at radius 1 is 1.15 bits per heavy atom. The van der Waals surface area contributed by atoms with E-state index in [-0.39, 0.29) is 13.3 Å². The molecule has 1 aliphatic rings. The minimum Gasteiger partial charge on any atom is -0.454 e. The lowest BCUT2D eigenvalue weighted by atomic mass is 10.2. The number of fused-ring (bicyclic) bond motifs is 1. The van der Waals surface area contributed by atoms with E-state index in [1.807, 2.05) is 0 Å². The zero-order valence-electron chi connectivity index (χ0n) is 13.3. The number of hydrogen-bond acceptors (Lipinski definition) is 5. The molecule has 2 aromatic rings. The molecule has 26 heavy (non-hydrogen) atoms. The number of hydrogen-bond donors (Lipinski definition) is 2. The number of amides is 2. The molecular formula is C17H13Cl2N3O4. The lowest BCUT2D eigenvalue weighted by Gasteiger charge is -2.05. The van der Waals surface area contributed by atoms with E-state index in [1.165, 1.54) is 6.21 Å². The molecule has 3 rings (SSSR count). The number of nitrogens with zero attached hydrogens (tertiary/aromatic N) is 1. The predicted molar refractivity (Wildman–Crippen MR) is 97.1 cm³/mol. The molecule has 0 radical (unpaired) electrons. The SMILES string of the molecule is O=C(CNC(=O)c1ccc2c(c1)OCO2)N/N=C/c1cccc(Cl)c1Cl. The lowest BCUT2D eigenvalue weighted by Crippen LogP contribution is -2.34. The number of rotatable bonds is 5. The first-order chi connectivity index (χ1) is 12.5. The van der Waals surface area contributed by atoms with E-state index < -0.39 is 11.8 Å². The quantitative estimate of drug-likeness (QED) is 0.603. The van der Waals surface area contributed by atoms with Crippen LogP contribution in [0.4, 0.5) is 0 Å². The molecule has 2 amide bonds. The normalized spacial score (nSPS) is 12.2. The molecule has 1 aliphatic heterocycles. The van der Waals surface area contributed by atoms with E-state index in [1.54, 1.807) is 36.4 Å². The number of hydrazone groups is 1. The Bertz CT molecular complexity index is 886. The Kier molecular flexibility index (Phi) is 5.60. The maximum absolute atomic E-state index is 12.1. The zero-order chi connectivity index (χ0) is 18.5. The Morgan fingerprint density at radius 2 is 1.96 bits per heavy atom. The highest BCUT2D eigenvalue weighted by Gasteiger charge is 2.16. The van der Waals surface area contributed by atoms with E-state index in [9.17, 15) is 9.59 Å². The molecule has 0 saturated heterocycles. The number of carbonyl (C=O) groups is 2. The summed E-state index contributed by atoms with van der Waals surface area (Å²) in [6.07, 6.45) is 1.37. The standard InChI is InChI=1S/C17H13Cl2N3O4/c18-12-3-1-2-11(16(12)19)7-21-22-15(23)8-20-17(24)10-4-5-13-14(6-10)26-9-25-13/h1-7H,8-9H2,(H,20,24)(H,22,23)/b21-7+. The van der Waals surface area contributed by atoms with Crippen LogP contribution < -0.4 is 20.2 Å². The second-order valence-corrected chi connectivity index (χ2v) is 5.97. The van der Waals surface area contributed by atoms with Gasteiger partial charge in [-0.1, -0.05) is 35.3 Å². The maximum atomic E-state index is 12.1. The summed E-state index contributed by atoms with van der Waals surface area (Å²) < 4.78 is 10.4. The third-order valence-corrected chi connectivity index (χ3v) is 4.25. The Balaban J connectivity index is 1.50. The summed E-state index contributed by atoms with van der Waals surface area (Å²) in [5.41, 5.74) is 3.21. The molecule has 7 nitrogen and oxygen atoms in total. The van der Waals surface area contributed by atoms with Crippen LogP contribution in [0.3, 0.4) is 0 Å². The average Bonchev–Trinajstić information content (AvgIpc) is 3.11. The number of benzene rings is 2. The summed E-state index contributed by atoms with van der Waals surface area (Å²) in [5.74, 6) is 0.159. The topological polar surface area (TPSA) is 89.0 Å². The van der Waals surface area contributed by atoms with E-state index in [0.717, 1.165) is 0 Å². The van der Waals surface area contributed by atoms with E-state index in [4.69, 9.17) is 32.7 Å².